The van der Waals surface area contributed by atoms with Gasteiger partial charge in [-0.05, 0) is 60.9 Å². The van der Waals surface area contributed by atoms with E-state index in [1.807, 2.05) is 24.3 Å². The van der Waals surface area contributed by atoms with Crippen molar-refractivity contribution < 1.29 is 22.3 Å². The van der Waals surface area contributed by atoms with Crippen molar-refractivity contribution in [1.29, 1.82) is 0 Å². The number of methoxy groups -OCH3 is 1. The number of nitrogens with zero attached hydrogens (tertiary/aromatic N) is 1. The van der Waals surface area contributed by atoms with E-state index in [0.717, 1.165) is 27.8 Å². The second-order valence-electron chi connectivity index (χ2n) is 7.07. The molecule has 0 aliphatic heterocycles. The predicted octanol–water partition coefficient (Wildman–Crippen LogP) is 3.78. The summed E-state index contributed by atoms with van der Waals surface area (Å²) >= 11 is 0. The summed E-state index contributed by atoms with van der Waals surface area (Å²) < 4.78 is 46.0. The van der Waals surface area contributed by atoms with Gasteiger partial charge >= 0.3 is 0 Å². The van der Waals surface area contributed by atoms with Crippen LogP contribution in [0, 0.1) is 5.82 Å². The molecule has 1 amide bonds. The van der Waals surface area contributed by atoms with Crippen LogP contribution in [-0.2, 0) is 21.2 Å². The lowest BCUT2D eigenvalue weighted by Crippen LogP contribution is -2.41. The summed E-state index contributed by atoms with van der Waals surface area (Å²) in [6.45, 7) is -0.0446. The SMILES string of the molecule is COc1ccccc1CCCNC(=O)CN(c1ccc(F)cc1)S(=O)(=O)c1ccccc1. The molecule has 0 bridgehead atoms. The number of halogens is 1. The minimum atomic E-state index is -4.01. The van der Waals surface area contributed by atoms with Gasteiger partial charge in [-0.25, -0.2) is 12.8 Å². The number of hydrogen-bond donors (Lipinski definition) is 1. The van der Waals surface area contributed by atoms with E-state index in [4.69, 9.17) is 4.74 Å². The molecule has 0 unspecified atom stereocenters. The van der Waals surface area contributed by atoms with E-state index < -0.39 is 28.3 Å². The largest absolute Gasteiger partial charge is 0.496 e. The number of rotatable bonds is 10. The summed E-state index contributed by atoms with van der Waals surface area (Å²) in [6, 6.07) is 20.5. The van der Waals surface area contributed by atoms with E-state index in [1.54, 1.807) is 25.3 Å². The Morgan fingerprint density at radius 3 is 2.31 bits per heavy atom. The molecule has 0 fully saturated rings. The van der Waals surface area contributed by atoms with E-state index in [2.05, 4.69) is 5.32 Å². The molecule has 0 atom stereocenters. The van der Waals surface area contributed by atoms with Crippen LogP contribution in [0.25, 0.3) is 0 Å². The molecule has 3 aromatic carbocycles. The molecular formula is C24H25FN2O4S. The summed E-state index contributed by atoms with van der Waals surface area (Å²) in [7, 11) is -2.40. The van der Waals surface area contributed by atoms with Gasteiger partial charge in [0.25, 0.3) is 10.0 Å². The first-order chi connectivity index (χ1) is 15.4. The van der Waals surface area contributed by atoms with Crippen molar-refractivity contribution in [3.05, 3.63) is 90.2 Å². The van der Waals surface area contributed by atoms with E-state index in [-0.39, 0.29) is 10.6 Å². The third kappa shape index (κ3) is 5.85. The fourth-order valence-electron chi connectivity index (χ4n) is 3.24. The number of sulfonamides is 1. The Morgan fingerprint density at radius 1 is 0.969 bits per heavy atom. The standard InChI is InChI=1S/C24H25FN2O4S/c1-31-23-12-6-5-8-19(23)9-7-17-26-24(28)18-27(21-15-13-20(25)14-16-21)32(29,30)22-10-3-2-4-11-22/h2-6,8,10-16H,7,9,17-18H2,1H3,(H,26,28). The van der Waals surface area contributed by atoms with Crippen LogP contribution in [0.15, 0.2) is 83.8 Å². The average Bonchev–Trinajstić information content (AvgIpc) is 2.81. The second-order valence-corrected chi connectivity index (χ2v) is 8.93. The molecule has 32 heavy (non-hydrogen) atoms. The fourth-order valence-corrected chi connectivity index (χ4v) is 4.69. The molecule has 3 rings (SSSR count). The third-order valence-corrected chi connectivity index (χ3v) is 6.66. The van der Waals surface area contributed by atoms with Crippen LogP contribution >= 0.6 is 0 Å². The Kier molecular flexibility index (Phi) is 7.83. The maximum atomic E-state index is 13.4. The molecule has 0 aliphatic rings. The molecular weight excluding hydrogens is 431 g/mol. The smallest absolute Gasteiger partial charge is 0.264 e. The Morgan fingerprint density at radius 2 is 1.62 bits per heavy atom. The maximum absolute atomic E-state index is 13.4. The van der Waals surface area contributed by atoms with Gasteiger partial charge in [0.15, 0.2) is 0 Å². The van der Waals surface area contributed by atoms with Crippen molar-refractivity contribution in [2.24, 2.45) is 0 Å². The summed E-state index contributed by atoms with van der Waals surface area (Å²) in [6.07, 6.45) is 1.36. The maximum Gasteiger partial charge on any atom is 0.264 e. The molecule has 6 nitrogen and oxygen atoms in total. The molecule has 0 spiro atoms. The van der Waals surface area contributed by atoms with Crippen molar-refractivity contribution in [2.75, 3.05) is 24.5 Å². The first kappa shape index (κ1) is 23.3. The molecule has 0 saturated heterocycles. The monoisotopic (exact) mass is 456 g/mol. The molecule has 1 N–H and O–H groups in total. The zero-order valence-electron chi connectivity index (χ0n) is 17.7. The number of benzene rings is 3. The normalized spacial score (nSPS) is 11.1. The lowest BCUT2D eigenvalue weighted by molar-refractivity contribution is -0.119. The van der Waals surface area contributed by atoms with Gasteiger partial charge < -0.3 is 10.1 Å². The number of aryl methyl sites for hydroxylation is 1. The second kappa shape index (κ2) is 10.8. The van der Waals surface area contributed by atoms with Crippen LogP contribution in [0.4, 0.5) is 10.1 Å². The number of ether oxygens (including phenoxy) is 1. The number of hydrogen-bond acceptors (Lipinski definition) is 4. The van der Waals surface area contributed by atoms with Gasteiger partial charge in [-0.2, -0.15) is 0 Å². The van der Waals surface area contributed by atoms with E-state index in [9.17, 15) is 17.6 Å². The number of nitrogens with one attached hydrogen (secondary N) is 1. The Balaban J connectivity index is 1.68. The molecule has 0 saturated carbocycles. The van der Waals surface area contributed by atoms with Crippen LogP contribution < -0.4 is 14.4 Å². The van der Waals surface area contributed by atoms with Gasteiger partial charge in [0.2, 0.25) is 5.91 Å². The van der Waals surface area contributed by atoms with Gasteiger partial charge in [0.1, 0.15) is 18.1 Å². The number of carbonyl (C=O) groups is 1. The highest BCUT2D eigenvalue weighted by atomic mass is 32.2. The Bertz CT molecular complexity index is 1140. The molecule has 0 radical (unpaired) electrons. The van der Waals surface area contributed by atoms with Gasteiger partial charge in [0, 0.05) is 6.54 Å². The van der Waals surface area contributed by atoms with E-state index >= 15 is 0 Å². The van der Waals surface area contributed by atoms with Crippen molar-refractivity contribution >= 4 is 21.6 Å². The van der Waals surface area contributed by atoms with Crippen molar-refractivity contribution in [3.8, 4) is 5.75 Å². The number of carbonyl (C=O) groups excluding carboxylic acids is 1. The van der Waals surface area contributed by atoms with Crippen molar-refractivity contribution in [1.82, 2.24) is 5.32 Å². The number of para-hydroxylation sites is 1. The molecule has 0 aromatic heterocycles. The quantitative estimate of drug-likeness (QED) is 0.471. The highest BCUT2D eigenvalue weighted by molar-refractivity contribution is 7.92. The lowest BCUT2D eigenvalue weighted by Gasteiger charge is -2.24. The third-order valence-electron chi connectivity index (χ3n) is 4.87. The Labute approximate surface area is 187 Å². The minimum absolute atomic E-state index is 0.0493. The Hall–Kier alpha value is -3.39. The molecule has 0 heterocycles. The summed E-state index contributed by atoms with van der Waals surface area (Å²) in [5, 5.41) is 2.77. The fraction of sp³-hybridized carbons (Fsp3) is 0.208. The number of anilines is 1. The van der Waals surface area contributed by atoms with Gasteiger partial charge in [-0.1, -0.05) is 36.4 Å². The average molecular weight is 457 g/mol. The van der Waals surface area contributed by atoms with Gasteiger partial charge in [0.05, 0.1) is 17.7 Å². The number of amides is 1. The van der Waals surface area contributed by atoms with Crippen LogP contribution in [0.2, 0.25) is 0 Å². The summed E-state index contributed by atoms with van der Waals surface area (Å²) in [4.78, 5) is 12.6. The molecule has 3 aromatic rings. The zero-order chi connectivity index (χ0) is 23.0. The zero-order valence-corrected chi connectivity index (χ0v) is 18.5. The van der Waals surface area contributed by atoms with Crippen molar-refractivity contribution in [2.45, 2.75) is 17.7 Å². The summed E-state index contributed by atoms with van der Waals surface area (Å²) in [5.41, 5.74) is 1.24. The lowest BCUT2D eigenvalue weighted by atomic mass is 10.1. The highest BCUT2D eigenvalue weighted by Gasteiger charge is 2.27. The van der Waals surface area contributed by atoms with Gasteiger partial charge in [-0.15, -0.1) is 0 Å². The van der Waals surface area contributed by atoms with Crippen molar-refractivity contribution in [3.63, 3.8) is 0 Å². The topological polar surface area (TPSA) is 75.7 Å². The first-order valence-corrected chi connectivity index (χ1v) is 11.6. The molecule has 8 heteroatoms. The first-order valence-electron chi connectivity index (χ1n) is 10.1. The summed E-state index contributed by atoms with van der Waals surface area (Å²) in [5.74, 6) is -0.157. The minimum Gasteiger partial charge on any atom is -0.496 e. The van der Waals surface area contributed by atoms with Crippen LogP contribution in [0.3, 0.4) is 0 Å². The predicted molar refractivity (Wildman–Crippen MR) is 122 cm³/mol. The highest BCUT2D eigenvalue weighted by Crippen LogP contribution is 2.24. The molecule has 0 aliphatic carbocycles. The van der Waals surface area contributed by atoms with Crippen LogP contribution in [-0.4, -0.2) is 34.5 Å². The molecule has 168 valence electrons. The van der Waals surface area contributed by atoms with E-state index in [0.29, 0.717) is 19.4 Å². The van der Waals surface area contributed by atoms with Gasteiger partial charge in [-0.3, -0.25) is 9.10 Å². The van der Waals surface area contributed by atoms with Crippen LogP contribution in [0.5, 0.6) is 5.75 Å². The van der Waals surface area contributed by atoms with Crippen LogP contribution in [0.1, 0.15) is 12.0 Å². The van der Waals surface area contributed by atoms with E-state index in [1.165, 1.54) is 24.3 Å².